The van der Waals surface area contributed by atoms with Crippen molar-refractivity contribution in [1.29, 1.82) is 0 Å². The molecule has 102 valence electrons. The van der Waals surface area contributed by atoms with E-state index in [2.05, 4.69) is 29.8 Å². The van der Waals surface area contributed by atoms with Gasteiger partial charge in [-0.1, -0.05) is 34.5 Å². The Morgan fingerprint density at radius 1 is 1.28 bits per heavy atom. The topological polar surface area (TPSA) is 26.3 Å². The number of hydrogen-bond acceptors (Lipinski definition) is 2. The predicted molar refractivity (Wildman–Crippen MR) is 80.7 cm³/mol. The van der Waals surface area contributed by atoms with E-state index in [9.17, 15) is 4.79 Å². The molecule has 0 unspecified atom stereocenters. The molecule has 0 fully saturated rings. The van der Waals surface area contributed by atoms with Gasteiger partial charge in [-0.2, -0.15) is 0 Å². The minimum atomic E-state index is -0.471. The molecule has 3 heteroatoms. The molecule has 0 N–H and O–H groups in total. The number of allylic oxidation sites excluding steroid dienone is 4. The summed E-state index contributed by atoms with van der Waals surface area (Å²) >= 11 is 3.44. The van der Waals surface area contributed by atoms with Gasteiger partial charge < -0.3 is 4.74 Å². The zero-order valence-corrected chi connectivity index (χ0v) is 13.7. The molecule has 0 aliphatic rings. The minimum Gasteiger partial charge on any atom is -0.456 e. The summed E-state index contributed by atoms with van der Waals surface area (Å²) in [6, 6.07) is 0. The van der Waals surface area contributed by atoms with Crippen LogP contribution in [0.25, 0.3) is 0 Å². The molecular weight excluding hydrogens is 292 g/mol. The lowest BCUT2D eigenvalue weighted by Gasteiger charge is -2.19. The third-order valence-corrected chi connectivity index (χ3v) is 2.64. The first-order valence-electron chi connectivity index (χ1n) is 6.13. The Morgan fingerprint density at radius 2 is 1.83 bits per heavy atom. The van der Waals surface area contributed by atoms with Gasteiger partial charge in [0.15, 0.2) is 0 Å². The van der Waals surface area contributed by atoms with Crippen molar-refractivity contribution in [3.8, 4) is 0 Å². The van der Waals surface area contributed by atoms with Gasteiger partial charge in [0.1, 0.15) is 5.60 Å². The molecule has 0 aliphatic carbocycles. The van der Waals surface area contributed by atoms with E-state index < -0.39 is 5.60 Å². The minimum absolute atomic E-state index is 0.301. The Bertz CT molecular complexity index is 382. The average molecular weight is 315 g/mol. The Hall–Kier alpha value is -0.830. The molecule has 0 spiro atoms. The molecule has 0 heterocycles. The molecular formula is C15H23BrO2. The first-order valence-corrected chi connectivity index (χ1v) is 6.93. The van der Waals surface area contributed by atoms with Crippen LogP contribution in [-0.2, 0) is 9.53 Å². The number of halogens is 1. The Morgan fingerprint density at radius 3 is 2.22 bits per heavy atom. The molecule has 0 radical (unpaired) electrons. The van der Waals surface area contributed by atoms with Crippen molar-refractivity contribution >= 4 is 21.9 Å². The molecule has 0 amide bonds. The Balaban J connectivity index is 4.93. The van der Waals surface area contributed by atoms with Crippen molar-refractivity contribution in [2.45, 2.75) is 53.6 Å². The van der Waals surface area contributed by atoms with Gasteiger partial charge in [0, 0.05) is 4.48 Å². The van der Waals surface area contributed by atoms with Gasteiger partial charge in [-0.25, -0.2) is 4.79 Å². The lowest BCUT2D eigenvalue weighted by Crippen LogP contribution is -2.24. The summed E-state index contributed by atoms with van der Waals surface area (Å²) in [4.78, 5) is 11.9. The van der Waals surface area contributed by atoms with Crippen LogP contribution in [0, 0.1) is 0 Å². The van der Waals surface area contributed by atoms with Crippen LogP contribution in [0.1, 0.15) is 48.0 Å². The third kappa shape index (κ3) is 7.49. The molecule has 0 saturated carbocycles. The van der Waals surface area contributed by atoms with E-state index in [1.54, 1.807) is 12.2 Å². The van der Waals surface area contributed by atoms with Crippen molar-refractivity contribution in [3.05, 3.63) is 33.9 Å². The van der Waals surface area contributed by atoms with E-state index in [0.29, 0.717) is 5.57 Å². The van der Waals surface area contributed by atoms with Crippen molar-refractivity contribution < 1.29 is 9.53 Å². The summed E-state index contributed by atoms with van der Waals surface area (Å²) in [7, 11) is 0. The summed E-state index contributed by atoms with van der Waals surface area (Å²) in [6.07, 6.45) is 6.53. The molecule has 0 aromatic heterocycles. The average Bonchev–Trinajstić information content (AvgIpc) is 2.23. The van der Waals surface area contributed by atoms with E-state index >= 15 is 0 Å². The van der Waals surface area contributed by atoms with Crippen LogP contribution in [0.15, 0.2) is 33.9 Å². The second-order valence-corrected chi connectivity index (χ2v) is 6.04. The van der Waals surface area contributed by atoms with Gasteiger partial charge in [-0.15, -0.1) is 0 Å². The second kappa shape index (κ2) is 7.57. The second-order valence-electron chi connectivity index (χ2n) is 5.12. The summed E-state index contributed by atoms with van der Waals surface area (Å²) in [5.41, 5.74) is 1.33. The smallest absolute Gasteiger partial charge is 0.338 e. The molecule has 0 atom stereocenters. The Labute approximate surface area is 119 Å². The number of hydrogen-bond donors (Lipinski definition) is 0. The number of esters is 1. The highest BCUT2D eigenvalue weighted by Gasteiger charge is 2.18. The van der Waals surface area contributed by atoms with Gasteiger partial charge in [-0.3, -0.25) is 0 Å². The van der Waals surface area contributed by atoms with Crippen molar-refractivity contribution in [2.75, 3.05) is 0 Å². The van der Waals surface area contributed by atoms with Crippen LogP contribution in [0.5, 0.6) is 0 Å². The highest BCUT2D eigenvalue weighted by atomic mass is 79.9. The largest absolute Gasteiger partial charge is 0.456 e. The maximum Gasteiger partial charge on any atom is 0.338 e. The summed E-state index contributed by atoms with van der Waals surface area (Å²) in [5.74, 6) is -0.301. The Kier molecular flexibility index (Phi) is 7.22. The van der Waals surface area contributed by atoms with E-state index in [4.69, 9.17) is 4.74 Å². The van der Waals surface area contributed by atoms with Gasteiger partial charge in [0.05, 0.1) is 5.57 Å². The molecule has 2 nitrogen and oxygen atoms in total. The number of ether oxygens (including phenoxy) is 1. The molecule has 18 heavy (non-hydrogen) atoms. The molecule has 0 saturated heterocycles. The zero-order chi connectivity index (χ0) is 14.3. The van der Waals surface area contributed by atoms with Crippen LogP contribution in [0.4, 0.5) is 0 Å². The molecule has 0 rings (SSSR count). The maximum atomic E-state index is 11.9. The van der Waals surface area contributed by atoms with Crippen LogP contribution in [-0.4, -0.2) is 11.6 Å². The number of carbonyl (C=O) groups excluding carboxylic acids is 1. The fourth-order valence-corrected chi connectivity index (χ4v) is 1.76. The van der Waals surface area contributed by atoms with E-state index in [1.807, 2.05) is 33.8 Å². The summed E-state index contributed by atoms with van der Waals surface area (Å²) in [6.45, 7) is 11.6. The maximum absolute atomic E-state index is 11.9. The van der Waals surface area contributed by atoms with E-state index in [0.717, 1.165) is 10.9 Å². The zero-order valence-electron chi connectivity index (χ0n) is 12.1. The quantitative estimate of drug-likeness (QED) is 0.418. The lowest BCUT2D eigenvalue weighted by molar-refractivity contribution is -0.149. The molecule has 0 aliphatic heterocycles. The normalized spacial score (nSPS) is 14.7. The van der Waals surface area contributed by atoms with Crippen LogP contribution >= 0.6 is 15.9 Å². The fraction of sp³-hybridized carbons (Fsp3) is 0.533. The number of rotatable bonds is 4. The monoisotopic (exact) mass is 314 g/mol. The van der Waals surface area contributed by atoms with Crippen LogP contribution in [0.2, 0.25) is 0 Å². The van der Waals surface area contributed by atoms with Crippen LogP contribution < -0.4 is 0 Å². The predicted octanol–water partition coefficient (Wildman–Crippen LogP) is 4.91. The fourth-order valence-electron chi connectivity index (χ4n) is 1.12. The van der Waals surface area contributed by atoms with Gasteiger partial charge in [0.2, 0.25) is 0 Å². The third-order valence-electron chi connectivity index (χ3n) is 2.18. The van der Waals surface area contributed by atoms with Gasteiger partial charge >= 0.3 is 5.97 Å². The molecule has 0 aromatic carbocycles. The first-order chi connectivity index (χ1) is 8.19. The summed E-state index contributed by atoms with van der Waals surface area (Å²) < 4.78 is 6.21. The summed E-state index contributed by atoms with van der Waals surface area (Å²) in [5, 5.41) is 0. The van der Waals surface area contributed by atoms with E-state index in [1.165, 1.54) is 5.57 Å². The molecule has 0 bridgehead atoms. The number of carbonyl (C=O) groups is 1. The standard InChI is InChI=1S/C15H23BrO2/c1-7-11(3)9-13(16)10-12(8-2)14(17)18-15(4,5)6/h8-10H,7H2,1-6H3/b11-9+,12-8+,13-10+. The van der Waals surface area contributed by atoms with Crippen molar-refractivity contribution in [1.82, 2.24) is 0 Å². The van der Waals surface area contributed by atoms with Gasteiger partial charge in [-0.05, 0) is 53.2 Å². The lowest BCUT2D eigenvalue weighted by atomic mass is 10.1. The van der Waals surface area contributed by atoms with Gasteiger partial charge in [0.25, 0.3) is 0 Å². The van der Waals surface area contributed by atoms with Crippen molar-refractivity contribution in [3.63, 3.8) is 0 Å². The first kappa shape index (κ1) is 17.2. The SMILES string of the molecule is C\C=C(/C=C(Br)\C=C(/C)CC)C(=O)OC(C)(C)C. The highest BCUT2D eigenvalue weighted by Crippen LogP contribution is 2.17. The molecule has 0 aromatic rings. The van der Waals surface area contributed by atoms with Crippen molar-refractivity contribution in [2.24, 2.45) is 0 Å². The highest BCUT2D eigenvalue weighted by molar-refractivity contribution is 9.11. The van der Waals surface area contributed by atoms with Crippen LogP contribution in [0.3, 0.4) is 0 Å². The van der Waals surface area contributed by atoms with E-state index in [-0.39, 0.29) is 5.97 Å².